The van der Waals surface area contributed by atoms with E-state index in [4.69, 9.17) is 4.74 Å². The molecule has 3 nitrogen and oxygen atoms in total. The fourth-order valence-corrected chi connectivity index (χ4v) is 3.92. The first-order chi connectivity index (χ1) is 9.32. The average Bonchev–Trinajstić information content (AvgIpc) is 2.36. The van der Waals surface area contributed by atoms with Crippen molar-refractivity contribution in [3.63, 3.8) is 0 Å². The molecule has 20 heavy (non-hydrogen) atoms. The number of halogens is 3. The first-order valence-electron chi connectivity index (χ1n) is 6.30. The molecule has 1 aliphatic heterocycles. The summed E-state index contributed by atoms with van der Waals surface area (Å²) in [5.74, 6) is 0.0340. The molecular formula is C14H16Br3NO2. The lowest BCUT2D eigenvalue weighted by Gasteiger charge is -2.42. The van der Waals surface area contributed by atoms with Crippen molar-refractivity contribution in [1.82, 2.24) is 4.90 Å². The maximum Gasteiger partial charge on any atom is 0.255 e. The van der Waals surface area contributed by atoms with Gasteiger partial charge in [0.15, 0.2) is 0 Å². The van der Waals surface area contributed by atoms with Crippen LogP contribution in [0.15, 0.2) is 27.1 Å². The van der Waals surface area contributed by atoms with Crippen LogP contribution in [0, 0.1) is 0 Å². The third kappa shape index (κ3) is 3.84. The lowest BCUT2D eigenvalue weighted by molar-refractivity contribution is -0.116. The standard InChI is InChI=1S/C14H16Br3NO2/c1-14(2)8-18(7-10(6-15)20-14)13(19)11-4-3-9(16)5-12(11)17/h3-5,10H,6-8H2,1-2H3. The van der Waals surface area contributed by atoms with Crippen molar-refractivity contribution in [2.24, 2.45) is 0 Å². The highest BCUT2D eigenvalue weighted by Crippen LogP contribution is 2.27. The lowest BCUT2D eigenvalue weighted by atomic mass is 10.0. The number of hydrogen-bond acceptors (Lipinski definition) is 2. The normalized spacial score (nSPS) is 21.9. The molecule has 1 atom stereocenters. The zero-order chi connectivity index (χ0) is 14.9. The molecule has 6 heteroatoms. The number of hydrogen-bond donors (Lipinski definition) is 0. The Labute approximate surface area is 144 Å². The summed E-state index contributed by atoms with van der Waals surface area (Å²) in [6.45, 7) is 5.23. The summed E-state index contributed by atoms with van der Waals surface area (Å²) >= 11 is 10.3. The summed E-state index contributed by atoms with van der Waals surface area (Å²) in [5.41, 5.74) is 0.355. The van der Waals surface area contributed by atoms with Gasteiger partial charge in [0.1, 0.15) is 0 Å². The van der Waals surface area contributed by atoms with Crippen LogP contribution in [-0.2, 0) is 4.74 Å². The maximum atomic E-state index is 12.7. The van der Waals surface area contributed by atoms with Crippen molar-refractivity contribution in [3.8, 4) is 0 Å². The zero-order valence-corrected chi connectivity index (χ0v) is 16.1. The van der Waals surface area contributed by atoms with Crippen LogP contribution in [0.2, 0.25) is 0 Å². The van der Waals surface area contributed by atoms with Crippen molar-refractivity contribution in [3.05, 3.63) is 32.7 Å². The molecule has 2 rings (SSSR count). The molecule has 110 valence electrons. The molecule has 0 spiro atoms. The Balaban J connectivity index is 2.23. The Morgan fingerprint density at radius 2 is 2.15 bits per heavy atom. The van der Waals surface area contributed by atoms with Crippen LogP contribution >= 0.6 is 47.8 Å². The molecule has 0 saturated carbocycles. The highest BCUT2D eigenvalue weighted by molar-refractivity contribution is 9.11. The van der Waals surface area contributed by atoms with Gasteiger partial charge in [-0.3, -0.25) is 4.79 Å². The number of ether oxygens (including phenoxy) is 1. The minimum Gasteiger partial charge on any atom is -0.368 e. The van der Waals surface area contributed by atoms with Gasteiger partial charge >= 0.3 is 0 Å². The van der Waals surface area contributed by atoms with Gasteiger partial charge in [0, 0.05) is 27.4 Å². The van der Waals surface area contributed by atoms with Crippen LogP contribution < -0.4 is 0 Å². The van der Waals surface area contributed by atoms with E-state index in [1.807, 2.05) is 36.9 Å². The summed E-state index contributed by atoms with van der Waals surface area (Å²) in [4.78, 5) is 14.6. The zero-order valence-electron chi connectivity index (χ0n) is 11.3. The van der Waals surface area contributed by atoms with E-state index in [1.54, 1.807) is 0 Å². The second kappa shape index (κ2) is 6.46. The predicted octanol–water partition coefficient (Wildman–Crippen LogP) is 4.23. The first-order valence-corrected chi connectivity index (χ1v) is 9.01. The van der Waals surface area contributed by atoms with Gasteiger partial charge < -0.3 is 9.64 Å². The molecule has 0 N–H and O–H groups in total. The maximum absolute atomic E-state index is 12.7. The Hall–Kier alpha value is 0.0900. The Morgan fingerprint density at radius 1 is 1.45 bits per heavy atom. The highest BCUT2D eigenvalue weighted by Gasteiger charge is 2.35. The Morgan fingerprint density at radius 3 is 2.75 bits per heavy atom. The molecular weight excluding hydrogens is 454 g/mol. The summed E-state index contributed by atoms with van der Waals surface area (Å²) in [6, 6.07) is 5.61. The fourth-order valence-electron chi connectivity index (χ4n) is 2.36. The van der Waals surface area contributed by atoms with E-state index < -0.39 is 0 Å². The molecule has 1 unspecified atom stereocenters. The number of nitrogens with zero attached hydrogens (tertiary/aromatic N) is 1. The van der Waals surface area contributed by atoms with Crippen LogP contribution in [0.25, 0.3) is 0 Å². The molecule has 1 aromatic carbocycles. The Bertz CT molecular complexity index is 519. The second-order valence-corrected chi connectivity index (χ2v) is 7.88. The molecule has 1 aliphatic rings. The monoisotopic (exact) mass is 467 g/mol. The number of morpholine rings is 1. The molecule has 1 fully saturated rings. The molecule has 1 amide bonds. The van der Waals surface area contributed by atoms with Crippen molar-refractivity contribution < 1.29 is 9.53 Å². The third-order valence-electron chi connectivity index (χ3n) is 3.10. The van der Waals surface area contributed by atoms with Gasteiger partial charge in [-0.1, -0.05) is 31.9 Å². The summed E-state index contributed by atoms with van der Waals surface area (Å²) < 4.78 is 7.68. The van der Waals surface area contributed by atoms with Crippen LogP contribution in [0.5, 0.6) is 0 Å². The van der Waals surface area contributed by atoms with E-state index in [0.717, 1.165) is 14.3 Å². The molecule has 0 radical (unpaired) electrons. The number of amides is 1. The van der Waals surface area contributed by atoms with E-state index >= 15 is 0 Å². The minimum absolute atomic E-state index is 0.0249. The number of alkyl halides is 1. The van der Waals surface area contributed by atoms with Crippen LogP contribution in [0.3, 0.4) is 0 Å². The molecule has 1 saturated heterocycles. The van der Waals surface area contributed by atoms with E-state index in [1.165, 1.54) is 0 Å². The third-order valence-corrected chi connectivity index (χ3v) is 4.97. The van der Waals surface area contributed by atoms with E-state index in [0.29, 0.717) is 18.7 Å². The van der Waals surface area contributed by atoms with Crippen molar-refractivity contribution >= 4 is 53.7 Å². The Kier molecular flexibility index (Phi) is 5.32. The molecule has 0 aliphatic carbocycles. The van der Waals surface area contributed by atoms with Crippen LogP contribution in [0.1, 0.15) is 24.2 Å². The smallest absolute Gasteiger partial charge is 0.255 e. The number of carbonyl (C=O) groups is 1. The van der Waals surface area contributed by atoms with Gasteiger partial charge in [0.05, 0.1) is 17.3 Å². The number of benzene rings is 1. The SMILES string of the molecule is CC1(C)CN(C(=O)c2ccc(Br)cc2Br)CC(CBr)O1. The van der Waals surface area contributed by atoms with Crippen molar-refractivity contribution in [2.75, 3.05) is 18.4 Å². The van der Waals surface area contributed by atoms with Crippen LogP contribution in [0.4, 0.5) is 0 Å². The van der Waals surface area contributed by atoms with Gasteiger partial charge in [-0.15, -0.1) is 0 Å². The topological polar surface area (TPSA) is 29.5 Å². The lowest BCUT2D eigenvalue weighted by Crippen LogP contribution is -2.55. The molecule has 1 aromatic rings. The van der Waals surface area contributed by atoms with Gasteiger partial charge in [-0.2, -0.15) is 0 Å². The van der Waals surface area contributed by atoms with Crippen molar-refractivity contribution in [1.29, 1.82) is 0 Å². The average molecular weight is 470 g/mol. The van der Waals surface area contributed by atoms with E-state index in [-0.39, 0.29) is 17.6 Å². The largest absolute Gasteiger partial charge is 0.368 e. The minimum atomic E-state index is -0.325. The van der Waals surface area contributed by atoms with Gasteiger partial charge in [-0.25, -0.2) is 0 Å². The second-order valence-electron chi connectivity index (χ2n) is 5.46. The van der Waals surface area contributed by atoms with E-state index in [9.17, 15) is 4.79 Å². The van der Waals surface area contributed by atoms with Gasteiger partial charge in [0.2, 0.25) is 0 Å². The molecule has 0 bridgehead atoms. The highest BCUT2D eigenvalue weighted by atomic mass is 79.9. The molecule has 0 aromatic heterocycles. The quantitative estimate of drug-likeness (QED) is 0.607. The summed E-state index contributed by atoms with van der Waals surface area (Å²) in [6.07, 6.45) is 0.0249. The van der Waals surface area contributed by atoms with E-state index in [2.05, 4.69) is 47.8 Å². The summed E-state index contributed by atoms with van der Waals surface area (Å²) in [5, 5.41) is 0.724. The van der Waals surface area contributed by atoms with Gasteiger partial charge in [0.25, 0.3) is 5.91 Å². The number of rotatable bonds is 2. The fraction of sp³-hybridized carbons (Fsp3) is 0.500. The predicted molar refractivity (Wildman–Crippen MR) is 90.5 cm³/mol. The molecule has 1 heterocycles. The van der Waals surface area contributed by atoms with Crippen LogP contribution in [-0.4, -0.2) is 40.9 Å². The number of carbonyl (C=O) groups excluding carboxylic acids is 1. The first kappa shape index (κ1) is 16.5. The van der Waals surface area contributed by atoms with Crippen molar-refractivity contribution in [2.45, 2.75) is 25.6 Å². The van der Waals surface area contributed by atoms with Gasteiger partial charge in [-0.05, 0) is 48.0 Å². The summed E-state index contributed by atoms with van der Waals surface area (Å²) in [7, 11) is 0.